The number of nitrogens with zero attached hydrogens (tertiary/aromatic N) is 4. The minimum absolute atomic E-state index is 0.00930. The molecule has 0 saturated carbocycles. The van der Waals surface area contributed by atoms with Crippen LogP contribution in [0, 0.1) is 0 Å². The van der Waals surface area contributed by atoms with Gasteiger partial charge in [0.2, 0.25) is 17.0 Å². The maximum absolute atomic E-state index is 12.6. The average Bonchev–Trinajstić information content (AvgIpc) is 3.62. The van der Waals surface area contributed by atoms with E-state index >= 15 is 0 Å². The molecule has 5 N–H and O–H groups in total. The Hall–Kier alpha value is -5.08. The van der Waals surface area contributed by atoms with Crippen molar-refractivity contribution < 1.29 is 24.2 Å². The Bertz CT molecular complexity index is 1970. The summed E-state index contributed by atoms with van der Waals surface area (Å²) in [6, 6.07) is 31.4. The van der Waals surface area contributed by atoms with E-state index in [1.165, 1.54) is 0 Å². The number of carbonyl (C=O) groups excluding carboxylic acids is 2. The molecule has 54 heavy (non-hydrogen) atoms. The van der Waals surface area contributed by atoms with Crippen molar-refractivity contribution in [2.75, 3.05) is 16.8 Å². The molecular formula is C41H47N7O5S. The van der Waals surface area contributed by atoms with Gasteiger partial charge in [-0.25, -0.2) is 4.68 Å². The van der Waals surface area contributed by atoms with Gasteiger partial charge in [-0.1, -0.05) is 103 Å². The van der Waals surface area contributed by atoms with Gasteiger partial charge in [-0.3, -0.25) is 9.59 Å². The topological polar surface area (TPSA) is 167 Å². The number of hydrogen-bond donors (Lipinski definition) is 4. The van der Waals surface area contributed by atoms with E-state index in [0.29, 0.717) is 42.9 Å². The van der Waals surface area contributed by atoms with Crippen molar-refractivity contribution >= 4 is 35.0 Å². The van der Waals surface area contributed by atoms with Gasteiger partial charge in [0.1, 0.15) is 0 Å². The number of carbonyl (C=O) groups is 2. The summed E-state index contributed by atoms with van der Waals surface area (Å²) in [5.74, 6) is 0.624. The number of ether oxygens (including phenoxy) is 2. The summed E-state index contributed by atoms with van der Waals surface area (Å²) >= 11 is 1.55. The molecule has 0 unspecified atom stereocenters. The Morgan fingerprint density at radius 1 is 0.852 bits per heavy atom. The number of nitrogen functional groups attached to an aromatic ring is 1. The van der Waals surface area contributed by atoms with Crippen molar-refractivity contribution in [1.82, 2.24) is 25.5 Å². The second kappa shape index (κ2) is 19.3. The molecule has 282 valence electrons. The van der Waals surface area contributed by atoms with E-state index in [4.69, 9.17) is 15.2 Å². The summed E-state index contributed by atoms with van der Waals surface area (Å²) in [5.41, 5.74) is 13.0. The van der Waals surface area contributed by atoms with Crippen molar-refractivity contribution in [1.29, 1.82) is 0 Å². The molecule has 6 rings (SSSR count). The number of aryl methyl sites for hydroxylation is 1. The largest absolute Gasteiger partial charge is 0.397 e. The molecular weight excluding hydrogens is 703 g/mol. The molecule has 4 aromatic carbocycles. The van der Waals surface area contributed by atoms with Crippen molar-refractivity contribution in [3.8, 4) is 11.1 Å². The van der Waals surface area contributed by atoms with Crippen molar-refractivity contribution in [2.24, 2.45) is 7.05 Å². The van der Waals surface area contributed by atoms with E-state index in [1.807, 2.05) is 67.7 Å². The minimum Gasteiger partial charge on any atom is -0.397 e. The van der Waals surface area contributed by atoms with Crippen LogP contribution in [0.25, 0.3) is 11.1 Å². The molecule has 0 radical (unpaired) electrons. The highest BCUT2D eigenvalue weighted by Crippen LogP contribution is 2.39. The molecule has 1 aliphatic rings. The van der Waals surface area contributed by atoms with Gasteiger partial charge < -0.3 is 30.9 Å². The number of anilines is 2. The zero-order chi connectivity index (χ0) is 37.7. The molecule has 2 heterocycles. The number of hydrogen-bond acceptors (Lipinski definition) is 10. The highest BCUT2D eigenvalue weighted by atomic mass is 32.2. The molecule has 5 aromatic rings. The summed E-state index contributed by atoms with van der Waals surface area (Å²) in [6.07, 6.45) is 3.97. The average molecular weight is 750 g/mol. The summed E-state index contributed by atoms with van der Waals surface area (Å²) in [4.78, 5) is 24.8. The lowest BCUT2D eigenvalue weighted by atomic mass is 9.99. The van der Waals surface area contributed by atoms with Crippen LogP contribution in [0.2, 0.25) is 0 Å². The number of aliphatic hydroxyl groups is 1. The van der Waals surface area contributed by atoms with E-state index in [9.17, 15) is 14.7 Å². The van der Waals surface area contributed by atoms with Crippen LogP contribution in [0.1, 0.15) is 79.6 Å². The van der Waals surface area contributed by atoms with Gasteiger partial charge in [-0.15, -0.1) is 5.10 Å². The van der Waals surface area contributed by atoms with Crippen LogP contribution in [-0.4, -0.2) is 49.0 Å². The maximum Gasteiger partial charge on any atom is 0.224 e. The Morgan fingerprint density at radius 2 is 1.59 bits per heavy atom. The van der Waals surface area contributed by atoms with Gasteiger partial charge in [-0.2, -0.15) is 0 Å². The first kappa shape index (κ1) is 38.6. The Balaban J connectivity index is 0.976. The number of tetrazole rings is 1. The lowest BCUT2D eigenvalue weighted by Crippen LogP contribution is -2.31. The van der Waals surface area contributed by atoms with Crippen LogP contribution in [0.5, 0.6) is 0 Å². The molecule has 2 amide bonds. The third-order valence-electron chi connectivity index (χ3n) is 9.32. The SMILES string of the molecule is Cn1nnnc1SC[C@H]1C[C@@H](c2ccc(CO)cc2)O[C@@H](c2ccc(-c3cccc(CNC(=O)CCCCCCC(=O)Nc4ccccc4N)c3)cc2)O1. The lowest BCUT2D eigenvalue weighted by molar-refractivity contribution is -0.245. The number of nitrogens with two attached hydrogens (primary N) is 1. The first-order chi connectivity index (χ1) is 26.3. The number of rotatable bonds is 17. The Kier molecular flexibility index (Phi) is 13.8. The summed E-state index contributed by atoms with van der Waals surface area (Å²) in [6.45, 7) is 0.437. The molecule has 0 aliphatic carbocycles. The van der Waals surface area contributed by atoms with Crippen molar-refractivity contribution in [3.63, 3.8) is 0 Å². The number of thioether (sulfide) groups is 1. The van der Waals surface area contributed by atoms with E-state index < -0.39 is 6.29 Å². The molecule has 13 heteroatoms. The van der Waals surface area contributed by atoms with Crippen LogP contribution in [0.4, 0.5) is 11.4 Å². The van der Waals surface area contributed by atoms with E-state index in [2.05, 4.69) is 50.4 Å². The number of aliphatic hydroxyl groups excluding tert-OH is 1. The fraction of sp³-hybridized carbons (Fsp3) is 0.341. The normalized spacial score (nSPS) is 16.9. The Morgan fingerprint density at radius 3 is 2.31 bits per heavy atom. The predicted octanol–water partition coefficient (Wildman–Crippen LogP) is 6.88. The molecule has 0 bridgehead atoms. The zero-order valence-electron chi connectivity index (χ0n) is 30.4. The standard InChI is InChI=1S/C41H47N7O5S/c1-48-41(45-46-47-48)54-27-34-24-37(31-17-15-28(26-49)16-18-31)53-40(52-34)32-21-19-30(20-22-32)33-10-8-9-29(23-33)25-43-38(50)13-4-2-3-5-14-39(51)44-36-12-7-6-11-35(36)42/h6-12,15-23,34,37,40,49H,2-5,13-14,24-27,42H2,1H3,(H,43,50)(H,44,51)/t34-,37+,40+/m1/s1. The molecule has 1 fully saturated rings. The van der Waals surface area contributed by atoms with Crippen LogP contribution < -0.4 is 16.4 Å². The van der Waals surface area contributed by atoms with Gasteiger partial charge in [0.05, 0.1) is 30.2 Å². The summed E-state index contributed by atoms with van der Waals surface area (Å²) < 4.78 is 14.7. The fourth-order valence-corrected chi connectivity index (χ4v) is 7.13. The number of amides is 2. The van der Waals surface area contributed by atoms with Crippen LogP contribution in [0.3, 0.4) is 0 Å². The highest BCUT2D eigenvalue weighted by Gasteiger charge is 2.32. The van der Waals surface area contributed by atoms with Crippen molar-refractivity contribution in [2.45, 2.75) is 81.8 Å². The monoisotopic (exact) mass is 749 g/mol. The first-order valence-electron chi connectivity index (χ1n) is 18.3. The third-order valence-corrected chi connectivity index (χ3v) is 10.5. The van der Waals surface area contributed by atoms with E-state index in [0.717, 1.165) is 64.2 Å². The van der Waals surface area contributed by atoms with Gasteiger partial charge in [0.15, 0.2) is 6.29 Å². The fourth-order valence-electron chi connectivity index (χ4n) is 6.26. The quantitative estimate of drug-likeness (QED) is 0.0447. The molecule has 0 spiro atoms. The minimum atomic E-state index is -0.570. The van der Waals surface area contributed by atoms with Crippen LogP contribution in [-0.2, 0) is 39.3 Å². The predicted molar refractivity (Wildman–Crippen MR) is 209 cm³/mol. The number of benzene rings is 4. The van der Waals surface area contributed by atoms with Gasteiger partial charge in [0, 0.05) is 44.2 Å². The van der Waals surface area contributed by atoms with Gasteiger partial charge in [-0.05, 0) is 69.3 Å². The van der Waals surface area contributed by atoms with E-state index in [1.54, 1.807) is 28.6 Å². The van der Waals surface area contributed by atoms with Gasteiger partial charge in [0.25, 0.3) is 0 Å². The van der Waals surface area contributed by atoms with E-state index in [-0.39, 0.29) is 30.6 Å². The molecule has 1 saturated heterocycles. The number of aromatic nitrogens is 4. The van der Waals surface area contributed by atoms with Crippen molar-refractivity contribution in [3.05, 3.63) is 119 Å². The number of nitrogens with one attached hydrogen (secondary N) is 2. The van der Waals surface area contributed by atoms with Gasteiger partial charge >= 0.3 is 0 Å². The smallest absolute Gasteiger partial charge is 0.224 e. The second-order valence-electron chi connectivity index (χ2n) is 13.4. The maximum atomic E-state index is 12.6. The second-order valence-corrected chi connectivity index (χ2v) is 14.4. The van der Waals surface area contributed by atoms with Crippen LogP contribution >= 0.6 is 11.8 Å². The summed E-state index contributed by atoms with van der Waals surface area (Å²) in [5, 5.41) is 27.9. The summed E-state index contributed by atoms with van der Waals surface area (Å²) in [7, 11) is 1.82. The lowest BCUT2D eigenvalue weighted by Gasteiger charge is -2.36. The third kappa shape index (κ3) is 11.0. The first-order valence-corrected chi connectivity index (χ1v) is 19.3. The molecule has 1 aliphatic heterocycles. The number of para-hydroxylation sites is 2. The molecule has 12 nitrogen and oxygen atoms in total. The highest BCUT2D eigenvalue weighted by molar-refractivity contribution is 7.99. The van der Waals surface area contributed by atoms with Crippen LogP contribution in [0.15, 0.2) is 102 Å². The number of unbranched alkanes of at least 4 members (excludes halogenated alkanes) is 3. The zero-order valence-corrected chi connectivity index (χ0v) is 31.2. The Labute approximate surface area is 319 Å². The molecule has 1 aromatic heterocycles. The molecule has 3 atom stereocenters.